The lowest BCUT2D eigenvalue weighted by Gasteiger charge is -2.37. The van der Waals surface area contributed by atoms with Crippen molar-refractivity contribution in [3.05, 3.63) is 159 Å². The van der Waals surface area contributed by atoms with E-state index < -0.39 is 0 Å². The fourth-order valence-corrected chi connectivity index (χ4v) is 10.7. The lowest BCUT2D eigenvalue weighted by atomic mass is 9.66. The van der Waals surface area contributed by atoms with Crippen molar-refractivity contribution in [3.8, 4) is 51.7 Å². The first kappa shape index (κ1) is 39.0. The first-order valence-corrected chi connectivity index (χ1v) is 20.1. The van der Waals surface area contributed by atoms with Gasteiger partial charge in [0.1, 0.15) is 51.7 Å². The number of ether oxygens (including phenoxy) is 9. The van der Waals surface area contributed by atoms with Crippen LogP contribution in [-0.4, -0.2) is 64.0 Å². The molecule has 6 atom stereocenters. The molecule has 9 heteroatoms. The summed E-state index contributed by atoms with van der Waals surface area (Å²) in [6, 6.07) is 36.0. The molecule has 60 heavy (non-hydrogen) atoms. The smallest absolute Gasteiger partial charge is 0.126 e. The fourth-order valence-electron chi connectivity index (χ4n) is 10.7. The summed E-state index contributed by atoms with van der Waals surface area (Å²) < 4.78 is 54.9. The number of fused-ring (bicyclic) bond motifs is 4. The van der Waals surface area contributed by atoms with Gasteiger partial charge in [-0.3, -0.25) is 0 Å². The Labute approximate surface area is 351 Å². The van der Waals surface area contributed by atoms with Crippen molar-refractivity contribution in [1.82, 2.24) is 0 Å². The van der Waals surface area contributed by atoms with Gasteiger partial charge in [0.05, 0.1) is 64.0 Å². The van der Waals surface area contributed by atoms with E-state index in [9.17, 15) is 0 Å². The van der Waals surface area contributed by atoms with Gasteiger partial charge in [-0.15, -0.1) is 0 Å². The lowest BCUT2D eigenvalue weighted by Crippen LogP contribution is -2.23. The zero-order valence-corrected chi connectivity index (χ0v) is 35.5. The summed E-state index contributed by atoms with van der Waals surface area (Å²) in [5, 5.41) is 0. The van der Waals surface area contributed by atoms with Gasteiger partial charge in [0, 0.05) is 70.4 Å². The standard InChI is InChI=1S/C51H50O9/c1-52-30-14-10-27(11-15-30)42-37-23-32(54-3)18-19-36(37)46-45-38(24-35(57-6)25-39(45)58-7)47(42)49-41(60-9)26-40(59-8)48-44(29-20-33(55-4)22-34(21-29)56-5)43(50(46)51(48)49)28-12-16-31(53-2)17-13-28/h10-26,42-44,46-47,50H,1-9H3/t42-,43-,44+,46-,47+,50-/m1/s1. The van der Waals surface area contributed by atoms with Crippen LogP contribution in [0.5, 0.6) is 51.7 Å². The highest BCUT2D eigenvalue weighted by Gasteiger charge is 2.57. The summed E-state index contributed by atoms with van der Waals surface area (Å²) in [6.45, 7) is 0. The molecular formula is C51H50O9. The Morgan fingerprint density at radius 3 is 1.30 bits per heavy atom. The Bertz CT molecular complexity index is 2540. The average Bonchev–Trinajstić information content (AvgIpc) is 3.52. The number of benzene rings is 6. The van der Waals surface area contributed by atoms with E-state index in [-0.39, 0.29) is 35.5 Å². The van der Waals surface area contributed by atoms with Gasteiger partial charge in [0.15, 0.2) is 0 Å². The van der Waals surface area contributed by atoms with E-state index >= 15 is 0 Å². The van der Waals surface area contributed by atoms with Crippen LogP contribution in [0, 0.1) is 0 Å². The van der Waals surface area contributed by atoms with Gasteiger partial charge in [0.2, 0.25) is 0 Å². The molecule has 0 aromatic heterocycles. The minimum atomic E-state index is -0.289. The van der Waals surface area contributed by atoms with Crippen molar-refractivity contribution in [2.45, 2.75) is 35.5 Å². The topological polar surface area (TPSA) is 83.1 Å². The van der Waals surface area contributed by atoms with Crippen molar-refractivity contribution < 1.29 is 42.6 Å². The maximum atomic E-state index is 6.56. The first-order chi connectivity index (χ1) is 29.3. The van der Waals surface area contributed by atoms with E-state index in [1.807, 2.05) is 24.3 Å². The number of hydrogen-bond acceptors (Lipinski definition) is 9. The van der Waals surface area contributed by atoms with E-state index in [0.29, 0.717) is 17.2 Å². The molecule has 0 heterocycles. The van der Waals surface area contributed by atoms with Gasteiger partial charge in [0.25, 0.3) is 0 Å². The zero-order valence-electron chi connectivity index (χ0n) is 35.5. The van der Waals surface area contributed by atoms with Gasteiger partial charge < -0.3 is 42.6 Å². The quantitative estimate of drug-likeness (QED) is 0.120. The predicted molar refractivity (Wildman–Crippen MR) is 230 cm³/mol. The normalized spacial score (nSPS) is 20.4. The van der Waals surface area contributed by atoms with E-state index in [1.54, 1.807) is 64.0 Å². The van der Waals surface area contributed by atoms with Crippen LogP contribution >= 0.6 is 0 Å². The highest BCUT2D eigenvalue weighted by molar-refractivity contribution is 5.74. The highest BCUT2D eigenvalue weighted by atomic mass is 16.5. The van der Waals surface area contributed by atoms with Crippen molar-refractivity contribution in [1.29, 1.82) is 0 Å². The second-order valence-corrected chi connectivity index (χ2v) is 15.5. The Kier molecular flexibility index (Phi) is 10.1. The summed E-state index contributed by atoms with van der Waals surface area (Å²) in [6.07, 6.45) is 0. The third-order valence-corrected chi connectivity index (χ3v) is 13.1. The van der Waals surface area contributed by atoms with Crippen LogP contribution < -0.4 is 42.6 Å². The largest absolute Gasteiger partial charge is 0.497 e. The molecule has 308 valence electrons. The van der Waals surface area contributed by atoms with E-state index in [2.05, 4.69) is 78.9 Å². The predicted octanol–water partition coefficient (Wildman–Crippen LogP) is 10.2. The molecule has 0 saturated carbocycles. The van der Waals surface area contributed by atoms with Crippen LogP contribution in [0.25, 0.3) is 0 Å². The first-order valence-electron chi connectivity index (χ1n) is 20.1. The van der Waals surface area contributed by atoms with E-state index in [0.717, 1.165) is 79.0 Å². The van der Waals surface area contributed by atoms with Crippen LogP contribution in [0.3, 0.4) is 0 Å². The summed E-state index contributed by atoms with van der Waals surface area (Å²) in [5.41, 5.74) is 11.3. The van der Waals surface area contributed by atoms with Crippen molar-refractivity contribution in [3.63, 3.8) is 0 Å². The zero-order chi connectivity index (χ0) is 41.8. The third kappa shape index (κ3) is 5.96. The van der Waals surface area contributed by atoms with Gasteiger partial charge >= 0.3 is 0 Å². The highest BCUT2D eigenvalue weighted by Crippen LogP contribution is 2.71. The summed E-state index contributed by atoms with van der Waals surface area (Å²) in [5.74, 6) is 5.49. The molecule has 0 aliphatic heterocycles. The molecule has 3 aliphatic rings. The second-order valence-electron chi connectivity index (χ2n) is 15.5. The molecule has 0 radical (unpaired) electrons. The van der Waals surface area contributed by atoms with Gasteiger partial charge in [-0.05, 0) is 93.5 Å². The maximum Gasteiger partial charge on any atom is 0.126 e. The third-order valence-electron chi connectivity index (χ3n) is 13.1. The van der Waals surface area contributed by atoms with Crippen molar-refractivity contribution >= 4 is 0 Å². The SMILES string of the molecule is COc1ccc([C@@H]2c3cc(OC)ccc3[C@@H]3c4c(OC)cc(OC)cc4[C@@H]2c2c(OC)cc(OC)c4c2[C@@H]3[C@H](c2ccc(OC)cc2)[C@@H]4c2cc(OC)cc(OC)c2)cc1. The molecule has 0 saturated heterocycles. The molecule has 0 unspecified atom stereocenters. The number of methoxy groups -OCH3 is 9. The molecule has 0 N–H and O–H groups in total. The van der Waals surface area contributed by atoms with Gasteiger partial charge in [-0.2, -0.15) is 0 Å². The van der Waals surface area contributed by atoms with Gasteiger partial charge in [-0.1, -0.05) is 30.3 Å². The van der Waals surface area contributed by atoms with E-state index in [1.165, 1.54) is 11.1 Å². The molecule has 0 amide bonds. The van der Waals surface area contributed by atoms with Crippen LogP contribution in [0.1, 0.15) is 91.1 Å². The maximum absolute atomic E-state index is 6.56. The molecule has 9 nitrogen and oxygen atoms in total. The molecule has 0 fully saturated rings. The molecule has 3 aliphatic carbocycles. The lowest BCUT2D eigenvalue weighted by molar-refractivity contribution is 0.381. The Hall–Kier alpha value is -6.48. The monoisotopic (exact) mass is 806 g/mol. The van der Waals surface area contributed by atoms with E-state index in [4.69, 9.17) is 42.6 Å². The average molecular weight is 807 g/mol. The molecular weight excluding hydrogens is 757 g/mol. The Balaban J connectivity index is 1.50. The minimum Gasteiger partial charge on any atom is -0.497 e. The molecule has 6 aromatic carbocycles. The summed E-state index contributed by atoms with van der Waals surface area (Å²) in [4.78, 5) is 0. The van der Waals surface area contributed by atoms with Crippen LogP contribution in [0.4, 0.5) is 0 Å². The number of hydrogen-bond donors (Lipinski definition) is 0. The molecule has 0 spiro atoms. The Morgan fingerprint density at radius 2 is 0.750 bits per heavy atom. The van der Waals surface area contributed by atoms with Crippen LogP contribution in [-0.2, 0) is 0 Å². The molecule has 9 rings (SSSR count). The fraction of sp³-hybridized carbons (Fsp3) is 0.294. The Morgan fingerprint density at radius 1 is 0.267 bits per heavy atom. The molecule has 2 bridgehead atoms. The molecule has 6 aromatic rings. The van der Waals surface area contributed by atoms with Gasteiger partial charge in [-0.25, -0.2) is 0 Å². The van der Waals surface area contributed by atoms with Crippen molar-refractivity contribution in [2.24, 2.45) is 0 Å². The second kappa shape index (κ2) is 15.6. The van der Waals surface area contributed by atoms with Crippen LogP contribution in [0.2, 0.25) is 0 Å². The minimum absolute atomic E-state index is 0.140. The summed E-state index contributed by atoms with van der Waals surface area (Å²) in [7, 11) is 15.5. The van der Waals surface area contributed by atoms with Crippen LogP contribution in [0.15, 0.2) is 103 Å². The van der Waals surface area contributed by atoms with Crippen molar-refractivity contribution in [2.75, 3.05) is 64.0 Å². The number of rotatable bonds is 12. The summed E-state index contributed by atoms with van der Waals surface area (Å²) >= 11 is 0.